The molecule has 3 rings (SSSR count). The number of aromatic nitrogens is 1. The molecule has 0 amide bonds. The number of aryl methyl sites for hydroxylation is 2. The van der Waals surface area contributed by atoms with Crippen LogP contribution < -0.4 is 10.2 Å². The Balaban J connectivity index is 0.00000300. The Morgan fingerprint density at radius 1 is 1.21 bits per heavy atom. The summed E-state index contributed by atoms with van der Waals surface area (Å²) in [5, 5.41) is 7.37. The van der Waals surface area contributed by atoms with Crippen molar-refractivity contribution in [2.75, 3.05) is 44.7 Å². The van der Waals surface area contributed by atoms with E-state index in [0.717, 1.165) is 42.9 Å². The first kappa shape index (κ1) is 23.4. The van der Waals surface area contributed by atoms with E-state index >= 15 is 0 Å². The summed E-state index contributed by atoms with van der Waals surface area (Å²) in [5.41, 5.74) is 2.44. The predicted octanol–water partition coefficient (Wildman–Crippen LogP) is 3.52. The molecule has 1 N–H and O–H groups in total. The SMILES string of the molecule is CN=C(NCCCc1c(C)noc1C)N1CCN(c2cc(F)ccc2F)CC1.I. The molecule has 9 heteroatoms. The van der Waals surface area contributed by atoms with Crippen LogP contribution in [0.25, 0.3) is 0 Å². The van der Waals surface area contributed by atoms with Gasteiger partial charge in [0.15, 0.2) is 5.96 Å². The standard InChI is InChI=1S/C20H27F2N5O.HI/c1-14-17(15(2)28-25-14)5-4-8-24-20(23-3)27-11-9-26(10-12-27)19-13-16(21)6-7-18(19)22;/h6-7,13H,4-5,8-12H2,1-3H3,(H,23,24);1H. The molecule has 1 fully saturated rings. The number of halogens is 3. The Kier molecular flexibility index (Phi) is 8.66. The van der Waals surface area contributed by atoms with E-state index in [0.29, 0.717) is 31.9 Å². The lowest BCUT2D eigenvalue weighted by atomic mass is 10.1. The summed E-state index contributed by atoms with van der Waals surface area (Å²) in [6.07, 6.45) is 1.84. The second-order valence-corrected chi connectivity index (χ2v) is 6.95. The van der Waals surface area contributed by atoms with Crippen LogP contribution in [-0.4, -0.2) is 55.8 Å². The molecule has 6 nitrogen and oxygen atoms in total. The number of nitrogens with one attached hydrogen (secondary N) is 1. The van der Waals surface area contributed by atoms with Gasteiger partial charge >= 0.3 is 0 Å². The maximum Gasteiger partial charge on any atom is 0.193 e. The fourth-order valence-corrected chi connectivity index (χ4v) is 3.54. The van der Waals surface area contributed by atoms with Crippen molar-refractivity contribution in [2.24, 2.45) is 4.99 Å². The van der Waals surface area contributed by atoms with Crippen LogP contribution in [0.4, 0.5) is 14.5 Å². The van der Waals surface area contributed by atoms with E-state index in [1.54, 1.807) is 7.05 Å². The van der Waals surface area contributed by atoms with Crippen molar-refractivity contribution in [1.29, 1.82) is 0 Å². The van der Waals surface area contributed by atoms with Gasteiger partial charge < -0.3 is 19.6 Å². The third-order valence-electron chi connectivity index (χ3n) is 5.11. The van der Waals surface area contributed by atoms with Crippen LogP contribution in [0.5, 0.6) is 0 Å². The first-order chi connectivity index (χ1) is 13.5. The first-order valence-electron chi connectivity index (χ1n) is 9.57. The number of anilines is 1. The van der Waals surface area contributed by atoms with Crippen molar-refractivity contribution in [2.45, 2.75) is 26.7 Å². The molecule has 0 bridgehead atoms. The first-order valence-corrected chi connectivity index (χ1v) is 9.57. The number of hydrogen-bond acceptors (Lipinski definition) is 4. The number of hydrogen-bond donors (Lipinski definition) is 1. The van der Waals surface area contributed by atoms with E-state index in [4.69, 9.17) is 4.52 Å². The van der Waals surface area contributed by atoms with Gasteiger partial charge in [0.05, 0.1) is 11.4 Å². The summed E-state index contributed by atoms with van der Waals surface area (Å²) in [7, 11) is 1.76. The normalized spacial score (nSPS) is 14.7. The van der Waals surface area contributed by atoms with Gasteiger partial charge in [-0.25, -0.2) is 8.78 Å². The molecular weight excluding hydrogens is 491 g/mol. The quantitative estimate of drug-likeness (QED) is 0.284. The second-order valence-electron chi connectivity index (χ2n) is 6.95. The minimum Gasteiger partial charge on any atom is -0.366 e. The van der Waals surface area contributed by atoms with E-state index in [-0.39, 0.29) is 24.0 Å². The zero-order valence-corrected chi connectivity index (χ0v) is 19.4. The third kappa shape index (κ3) is 5.80. The average molecular weight is 519 g/mol. The van der Waals surface area contributed by atoms with Crippen LogP contribution in [0.15, 0.2) is 27.7 Å². The number of benzene rings is 1. The lowest BCUT2D eigenvalue weighted by Crippen LogP contribution is -2.52. The summed E-state index contributed by atoms with van der Waals surface area (Å²) >= 11 is 0. The minimum absolute atomic E-state index is 0. The van der Waals surface area contributed by atoms with E-state index in [9.17, 15) is 8.78 Å². The minimum atomic E-state index is -0.422. The molecule has 2 heterocycles. The van der Waals surface area contributed by atoms with Gasteiger partial charge in [-0.3, -0.25) is 4.99 Å². The summed E-state index contributed by atoms with van der Waals surface area (Å²) in [6.45, 7) is 7.29. The molecule has 2 aromatic rings. The molecule has 1 aliphatic rings. The van der Waals surface area contributed by atoms with Crippen molar-refractivity contribution in [3.8, 4) is 0 Å². The van der Waals surface area contributed by atoms with E-state index in [1.807, 2.05) is 18.7 Å². The highest BCUT2D eigenvalue weighted by molar-refractivity contribution is 14.0. The van der Waals surface area contributed by atoms with Crippen LogP contribution in [0.3, 0.4) is 0 Å². The molecule has 0 spiro atoms. The molecule has 160 valence electrons. The van der Waals surface area contributed by atoms with Crippen LogP contribution in [0, 0.1) is 25.5 Å². The molecule has 1 saturated heterocycles. The Labute approximate surface area is 187 Å². The number of aliphatic imine (C=N–C) groups is 1. The summed E-state index contributed by atoms with van der Waals surface area (Å²) < 4.78 is 32.6. The van der Waals surface area contributed by atoms with Crippen molar-refractivity contribution >= 4 is 35.6 Å². The smallest absolute Gasteiger partial charge is 0.193 e. The van der Waals surface area contributed by atoms with Crippen LogP contribution in [0.1, 0.15) is 23.4 Å². The van der Waals surface area contributed by atoms with Crippen molar-refractivity contribution < 1.29 is 13.3 Å². The average Bonchev–Trinajstić information content (AvgIpc) is 3.02. The van der Waals surface area contributed by atoms with Crippen molar-refractivity contribution in [3.63, 3.8) is 0 Å². The second kappa shape index (κ2) is 10.7. The molecule has 0 aliphatic carbocycles. The Hall–Kier alpha value is -1.91. The van der Waals surface area contributed by atoms with Gasteiger partial charge in [0, 0.05) is 51.4 Å². The fraction of sp³-hybridized carbons (Fsp3) is 0.500. The lowest BCUT2D eigenvalue weighted by molar-refractivity contribution is 0.370. The molecule has 0 radical (unpaired) electrons. The zero-order valence-electron chi connectivity index (χ0n) is 17.0. The maximum atomic E-state index is 14.0. The third-order valence-corrected chi connectivity index (χ3v) is 5.11. The molecule has 0 unspecified atom stereocenters. The zero-order chi connectivity index (χ0) is 20.1. The molecule has 0 saturated carbocycles. The van der Waals surface area contributed by atoms with Crippen LogP contribution in [-0.2, 0) is 6.42 Å². The van der Waals surface area contributed by atoms with E-state index in [2.05, 4.69) is 20.4 Å². The highest BCUT2D eigenvalue weighted by Gasteiger charge is 2.22. The van der Waals surface area contributed by atoms with Crippen molar-refractivity contribution in [1.82, 2.24) is 15.4 Å². The monoisotopic (exact) mass is 519 g/mol. The van der Waals surface area contributed by atoms with Gasteiger partial charge in [-0.1, -0.05) is 5.16 Å². The largest absolute Gasteiger partial charge is 0.366 e. The molecule has 1 aromatic carbocycles. The fourth-order valence-electron chi connectivity index (χ4n) is 3.54. The highest BCUT2D eigenvalue weighted by Crippen LogP contribution is 2.22. The van der Waals surface area contributed by atoms with Gasteiger partial charge in [0.25, 0.3) is 0 Å². The van der Waals surface area contributed by atoms with Crippen LogP contribution in [0.2, 0.25) is 0 Å². The van der Waals surface area contributed by atoms with Gasteiger partial charge in [-0.2, -0.15) is 0 Å². The molecule has 1 aliphatic heterocycles. The molecule has 1 aromatic heterocycles. The molecular formula is C20H28F2IN5O. The van der Waals surface area contributed by atoms with Crippen molar-refractivity contribution in [3.05, 3.63) is 46.9 Å². The molecule has 29 heavy (non-hydrogen) atoms. The summed E-state index contributed by atoms with van der Waals surface area (Å²) in [6, 6.07) is 3.58. The van der Waals surface area contributed by atoms with Crippen LogP contribution >= 0.6 is 24.0 Å². The van der Waals surface area contributed by atoms with Gasteiger partial charge in [0.2, 0.25) is 0 Å². The molecule has 0 atom stereocenters. The highest BCUT2D eigenvalue weighted by atomic mass is 127. The Morgan fingerprint density at radius 2 is 1.93 bits per heavy atom. The number of guanidine groups is 1. The Bertz CT molecular complexity index is 815. The summed E-state index contributed by atoms with van der Waals surface area (Å²) in [5.74, 6) is 0.895. The maximum absolute atomic E-state index is 14.0. The number of piperazine rings is 1. The summed E-state index contributed by atoms with van der Waals surface area (Å²) in [4.78, 5) is 8.38. The van der Waals surface area contributed by atoms with Gasteiger partial charge in [0.1, 0.15) is 17.4 Å². The van der Waals surface area contributed by atoms with E-state index in [1.165, 1.54) is 17.7 Å². The lowest BCUT2D eigenvalue weighted by Gasteiger charge is -2.37. The van der Waals surface area contributed by atoms with Gasteiger partial charge in [-0.05, 0) is 38.8 Å². The predicted molar refractivity (Wildman–Crippen MR) is 121 cm³/mol. The topological polar surface area (TPSA) is 56.9 Å². The van der Waals surface area contributed by atoms with E-state index < -0.39 is 11.6 Å². The Morgan fingerprint density at radius 3 is 2.55 bits per heavy atom. The van der Waals surface area contributed by atoms with Gasteiger partial charge in [-0.15, -0.1) is 24.0 Å². The number of rotatable bonds is 5. The number of nitrogens with zero attached hydrogens (tertiary/aromatic N) is 4.